The summed E-state index contributed by atoms with van der Waals surface area (Å²) in [6.45, 7) is 0. The Bertz CT molecular complexity index is 9090. The number of aryl methyl sites for hydroxylation is 9. The molecule has 0 unspecified atom stereocenters. The smallest absolute Gasteiger partial charge is 0.508 e. The van der Waals surface area contributed by atoms with Crippen LogP contribution in [0.1, 0.15) is 6.42 Å². The monoisotopic (exact) mass is 3020 g/mol. The zero-order valence-electron chi connectivity index (χ0n) is 77.8. The summed E-state index contributed by atoms with van der Waals surface area (Å²) in [5, 5.41) is 16.4. The second-order valence-corrected chi connectivity index (χ2v) is 33.6. The van der Waals surface area contributed by atoms with Crippen LogP contribution in [0.25, 0.3) is 223 Å². The molecule has 41 heteroatoms. The Labute approximate surface area is 917 Å². The molecule has 0 radical (unpaired) electrons. The molecule has 0 saturated heterocycles. The molecule has 1 aliphatic rings. The van der Waals surface area contributed by atoms with Gasteiger partial charge in [-0.1, -0.05) is 161 Å². The van der Waals surface area contributed by atoms with E-state index < -0.39 is 0 Å². The molecule has 35 nitrogen and oxygen atoms in total. The molecule has 23 aromatic heterocycles. The third kappa shape index (κ3) is 18.9. The van der Waals surface area contributed by atoms with Crippen LogP contribution in [0, 0.1) is 99.5 Å². The molecule has 147 heavy (non-hydrogen) atoms. The number of hydrogen-bond donors (Lipinski definition) is 0. The van der Waals surface area contributed by atoms with Gasteiger partial charge in [0.25, 0.3) is 0 Å². The zero-order valence-corrected chi connectivity index (χ0v) is 91.5. The third-order valence-electron chi connectivity index (χ3n) is 23.8. The number of rotatable bonds is 12. The maximum Gasteiger partial charge on any atom is 2.00 e. The summed E-state index contributed by atoms with van der Waals surface area (Å²) < 4.78 is 91.8. The number of benzene rings is 6. The van der Waals surface area contributed by atoms with Crippen LogP contribution in [-0.4, -0.2) is 94.7 Å². The number of aromatic nitrogens is 24. The van der Waals surface area contributed by atoms with E-state index in [2.05, 4.69) is 152 Å². The van der Waals surface area contributed by atoms with Gasteiger partial charge in [-0.3, -0.25) is 9.13 Å². The van der Waals surface area contributed by atoms with E-state index in [1.54, 1.807) is 151 Å². The fourth-order valence-electron chi connectivity index (χ4n) is 17.0. The van der Waals surface area contributed by atoms with Gasteiger partial charge in [-0.15, -0.1) is 61.1 Å². The average Bonchev–Trinajstić information content (AvgIpc) is 1.64. The second-order valence-electron chi connectivity index (χ2n) is 33.6. The van der Waals surface area contributed by atoms with Crippen molar-refractivity contribution in [1.82, 2.24) is 94.7 Å². The zero-order chi connectivity index (χ0) is 94.9. The molecule has 0 bridgehead atoms. The number of hydrogen-bond acceptors (Lipinski definition) is 19. The first-order chi connectivity index (χ1) is 68.9. The maximum atomic E-state index is 5.74. The average molecular weight is 3020 g/mol. The predicted octanol–water partition coefficient (Wildman–Crippen LogP) is 15.0. The van der Waals surface area contributed by atoms with Crippen LogP contribution in [0.15, 0.2) is 284 Å². The van der Waals surface area contributed by atoms with Crippen molar-refractivity contribution < 1.29 is 193 Å². The standard InChI is InChI=1S/C19H14N4O.2C18H12N4O2.3C17H10N4O2.6Pt/c1-21-5-6-23(12-21)18-4-3-13-7-19-15(8-14(13)18)16(10-24-19)17-9-22(2)11-20-17;2*1-20-3-4-22(11-20)18-13-6-14-15(16-7-21(2)10-19-16)9-23-17(14)5-12(13)8-24-18;2*1-20-6-15(19-10-20)14-8-22-16-4-11-7-23-17(12(11)5-13(14)16)21-3-2-18-9-21;1-19-4-5-21(11-19)15-9-22-16-6-12-8-23-17(13(12)7-14(15)16)20-3-2-18-10-20;;;;;;/h3,5-7,9-10H,4H2,1-2H3;2*3-5,7-9H,1-2H3;2*2-4,6-8,10H,1H3;2-4,6,8-9,11H,1H3;;;;;;/q6*-2;;;;;2*+2. The predicted molar refractivity (Wildman–Crippen MR) is 504 cm³/mol. The molecule has 0 atom stereocenters. The Morgan fingerprint density at radius 3 is 0.959 bits per heavy atom. The molecule has 23 heterocycles. The second kappa shape index (κ2) is 41.3. The number of fused-ring (bicyclic) bond motifs is 12. The topological polar surface area (TPSA) is 322 Å². The van der Waals surface area contributed by atoms with E-state index in [4.69, 9.17) is 48.6 Å². The molecule has 0 amide bonds. The Morgan fingerprint density at radius 1 is 0.320 bits per heavy atom. The minimum atomic E-state index is 0. The minimum absolute atomic E-state index is 0. The number of nitrogens with zero attached hydrogens (tertiary/aromatic N) is 24. The van der Waals surface area contributed by atoms with Gasteiger partial charge in [0.1, 0.15) is 24.0 Å². The van der Waals surface area contributed by atoms with Crippen molar-refractivity contribution in [1.29, 1.82) is 0 Å². The van der Waals surface area contributed by atoms with E-state index >= 15 is 0 Å². The molecule has 0 saturated carbocycles. The van der Waals surface area contributed by atoms with E-state index in [1.807, 2.05) is 216 Å². The van der Waals surface area contributed by atoms with Crippen molar-refractivity contribution in [3.63, 3.8) is 0 Å². The summed E-state index contributed by atoms with van der Waals surface area (Å²) in [4.78, 5) is 33.5. The summed E-state index contributed by atoms with van der Waals surface area (Å²) in [7, 11) is 17.3. The molecule has 30 rings (SSSR count). The quantitative estimate of drug-likeness (QED) is 0.0810. The Kier molecular flexibility index (Phi) is 28.2. The fourth-order valence-corrected chi connectivity index (χ4v) is 17.0. The van der Waals surface area contributed by atoms with Gasteiger partial charge in [-0.25, -0.2) is 9.97 Å². The van der Waals surface area contributed by atoms with Gasteiger partial charge in [0.15, 0.2) is 0 Å². The largest absolute Gasteiger partial charge is 2.00 e. The van der Waals surface area contributed by atoms with Crippen LogP contribution >= 0.6 is 0 Å². The van der Waals surface area contributed by atoms with E-state index in [1.165, 1.54) is 5.70 Å². The third-order valence-corrected chi connectivity index (χ3v) is 23.8. The van der Waals surface area contributed by atoms with Crippen LogP contribution in [0.5, 0.6) is 0 Å². The molecule has 0 fully saturated rings. The molecule has 746 valence electrons. The molecule has 6 aromatic carbocycles. The molecule has 29 aromatic rings. The van der Waals surface area contributed by atoms with Gasteiger partial charge < -0.3 is 142 Å². The van der Waals surface area contributed by atoms with Gasteiger partial charge in [-0.05, 0) is 81.8 Å². The van der Waals surface area contributed by atoms with E-state index in [9.17, 15) is 0 Å². The minimum Gasteiger partial charge on any atom is -0.508 e. The van der Waals surface area contributed by atoms with E-state index in [0.29, 0.717) is 29.4 Å². The first-order valence-corrected chi connectivity index (χ1v) is 43.7. The van der Waals surface area contributed by atoms with Crippen molar-refractivity contribution in [2.75, 3.05) is 0 Å². The van der Waals surface area contributed by atoms with Crippen molar-refractivity contribution in [2.24, 2.45) is 63.4 Å². The van der Waals surface area contributed by atoms with Gasteiger partial charge >= 0.3 is 42.1 Å². The molecular weight excluding hydrogens is 2960 g/mol. The SMILES string of the molecule is Cn1[c-]nc(-c2coc3cc4c([c-]c23)=C(n2[c-][n+](C)cc2)CC=4)c1.Cn1[c-]nc(-c2coc3cc4coc(-n5[c-][n+](C)cc5)c4[c-]c23)c1.Cn1[c-]nc(-c2coc3cc4coc(-n5[c-][n+](C)cc5)c4[c-]c23)c1.Cn1c[c-][n+](-c2coc3cc4coc(-n5[c-]ncc5)c4[c-]c23)c1.Cn1cnc(-c2coc3cc4coc(-n5[c-]ncc5)c4[c-]c23)c1.Cn1cnc(-c2coc3cc4coc(-n5[c-]ncc5)c4[c-]c23)c1.[Pt+2].[Pt+2].[Pt].[Pt].[Pt].[Pt]. The van der Waals surface area contributed by atoms with Crippen LogP contribution in [0.2, 0.25) is 0 Å². The van der Waals surface area contributed by atoms with Gasteiger partial charge in [0.05, 0.1) is 154 Å². The van der Waals surface area contributed by atoms with Crippen molar-refractivity contribution in [3.05, 3.63) is 346 Å². The Balaban J connectivity index is 0.000000110. The summed E-state index contributed by atoms with van der Waals surface area (Å²) in [6, 6.07) is 32.4. The normalized spacial score (nSPS) is 11.5. The molecule has 1 aliphatic carbocycles. The summed E-state index contributed by atoms with van der Waals surface area (Å²) in [6.07, 6.45) is 90.4. The number of furan rings is 11. The summed E-state index contributed by atoms with van der Waals surface area (Å²) >= 11 is 0. The van der Waals surface area contributed by atoms with E-state index in [-0.39, 0.29) is 126 Å². The summed E-state index contributed by atoms with van der Waals surface area (Å²) in [5.74, 6) is 3.24. The van der Waals surface area contributed by atoms with Crippen LogP contribution in [0.3, 0.4) is 0 Å². The first kappa shape index (κ1) is 100. The fraction of sp³-hybridized carbons (Fsp3) is 0.0943. The van der Waals surface area contributed by atoms with Crippen LogP contribution in [-0.2, 0) is 190 Å². The Morgan fingerprint density at radius 2 is 0.646 bits per heavy atom. The molecule has 0 spiro atoms. The first-order valence-electron chi connectivity index (χ1n) is 43.7. The van der Waals surface area contributed by atoms with Crippen molar-refractivity contribution >= 4 is 131 Å². The van der Waals surface area contributed by atoms with Gasteiger partial charge in [0.2, 0.25) is 30.8 Å². The van der Waals surface area contributed by atoms with Crippen LogP contribution in [0.4, 0.5) is 0 Å². The van der Waals surface area contributed by atoms with Gasteiger partial charge in [-0.2, -0.15) is 0 Å². The molecule has 0 N–H and O–H groups in total. The van der Waals surface area contributed by atoms with Gasteiger partial charge in [0, 0.05) is 210 Å². The number of imidazole rings is 12. The van der Waals surface area contributed by atoms with Crippen molar-refractivity contribution in [3.8, 4) is 91.4 Å². The summed E-state index contributed by atoms with van der Waals surface area (Å²) in [5.41, 5.74) is 15.3. The maximum absolute atomic E-state index is 5.74. The van der Waals surface area contributed by atoms with E-state index in [0.717, 1.165) is 199 Å². The van der Waals surface area contributed by atoms with Crippen LogP contribution < -0.4 is 28.7 Å². The molecular formula is C106H68N24O11Pt6-8. The Hall–Kier alpha value is -15.4. The molecule has 0 aliphatic heterocycles. The van der Waals surface area contributed by atoms with Crippen molar-refractivity contribution in [2.45, 2.75) is 6.42 Å².